The van der Waals surface area contributed by atoms with Crippen LogP contribution in [0.4, 0.5) is 0 Å². The maximum absolute atomic E-state index is 12.4. The van der Waals surface area contributed by atoms with E-state index in [2.05, 4.69) is 18.7 Å². The van der Waals surface area contributed by atoms with Gasteiger partial charge in [-0.1, -0.05) is 19.9 Å². The first-order chi connectivity index (χ1) is 11.1. The minimum absolute atomic E-state index is 0.0752. The molecule has 0 radical (unpaired) electrons. The number of allylic oxidation sites excluding steroid dienone is 3. The first-order valence-corrected chi connectivity index (χ1v) is 8.26. The predicted molar refractivity (Wildman–Crippen MR) is 90.1 cm³/mol. The Hall–Kier alpha value is -2.07. The zero-order valence-electron chi connectivity index (χ0n) is 13.7. The molecule has 1 aromatic carbocycles. The summed E-state index contributed by atoms with van der Waals surface area (Å²) in [6.07, 6.45) is 5.16. The molecule has 1 aromatic rings. The van der Waals surface area contributed by atoms with Gasteiger partial charge in [-0.2, -0.15) is 0 Å². The van der Waals surface area contributed by atoms with E-state index in [1.165, 1.54) is 0 Å². The molecule has 0 fully saturated rings. The number of ether oxygens (including phenoxy) is 1. The summed E-state index contributed by atoms with van der Waals surface area (Å²) < 4.78 is 5.85. The van der Waals surface area contributed by atoms with Crippen molar-refractivity contribution in [1.29, 1.82) is 0 Å². The maximum Gasteiger partial charge on any atom is 0.170 e. The third-order valence-corrected chi connectivity index (χ3v) is 4.73. The molecule has 3 rings (SSSR count). The number of likely N-dealkylation sites (N-methyl/N-ethyl adjacent to an activating group) is 1. The number of carbonyl (C=O) groups is 1. The van der Waals surface area contributed by atoms with Crippen LogP contribution in [0.5, 0.6) is 5.75 Å². The number of rotatable bonds is 6. The summed E-state index contributed by atoms with van der Waals surface area (Å²) in [5, 5.41) is 9.72. The molecule has 2 aliphatic rings. The lowest BCUT2D eigenvalue weighted by molar-refractivity contribution is 0.0954. The summed E-state index contributed by atoms with van der Waals surface area (Å²) in [4.78, 5) is 14.7. The first-order valence-electron chi connectivity index (χ1n) is 8.26. The van der Waals surface area contributed by atoms with E-state index in [0.29, 0.717) is 6.61 Å². The highest BCUT2D eigenvalue weighted by atomic mass is 16.5. The van der Waals surface area contributed by atoms with Gasteiger partial charge >= 0.3 is 0 Å². The van der Waals surface area contributed by atoms with Crippen LogP contribution in [0.1, 0.15) is 35.7 Å². The Balaban J connectivity index is 1.74. The van der Waals surface area contributed by atoms with Gasteiger partial charge in [0.2, 0.25) is 0 Å². The second-order valence-electron chi connectivity index (χ2n) is 5.99. The second-order valence-corrected chi connectivity index (χ2v) is 5.99. The van der Waals surface area contributed by atoms with Crippen molar-refractivity contribution in [2.24, 2.45) is 5.92 Å². The lowest BCUT2D eigenvalue weighted by Gasteiger charge is -2.19. The van der Waals surface area contributed by atoms with Crippen molar-refractivity contribution in [2.45, 2.75) is 19.8 Å². The molecule has 4 heteroatoms. The fourth-order valence-corrected chi connectivity index (χ4v) is 3.34. The lowest BCUT2D eigenvalue weighted by Crippen LogP contribution is -2.27. The topological polar surface area (TPSA) is 49.8 Å². The van der Waals surface area contributed by atoms with E-state index in [1.54, 1.807) is 18.2 Å². The average molecular weight is 313 g/mol. The number of fused-ring (bicyclic) bond motifs is 3. The van der Waals surface area contributed by atoms with Gasteiger partial charge in [0.05, 0.1) is 5.92 Å². The zero-order chi connectivity index (χ0) is 16.4. The van der Waals surface area contributed by atoms with Crippen LogP contribution in [0.25, 0.3) is 0 Å². The molecular formula is C19H23NO3. The number of carbonyl (C=O) groups excluding carboxylic acids is 1. The standard InChI is InChI=1S/C19H23NO3/c1-3-20(4-2)9-10-23-14-6-8-16-18(12-14)17-11-13(21)5-7-15(17)19(16)22/h5-8,11-12,15,17,21H,3-4,9-10H2,1-2H3. The van der Waals surface area contributed by atoms with E-state index in [4.69, 9.17) is 4.74 Å². The van der Waals surface area contributed by atoms with Crippen LogP contribution in [-0.2, 0) is 0 Å². The smallest absolute Gasteiger partial charge is 0.170 e. The molecule has 23 heavy (non-hydrogen) atoms. The largest absolute Gasteiger partial charge is 0.508 e. The third-order valence-electron chi connectivity index (χ3n) is 4.73. The minimum Gasteiger partial charge on any atom is -0.508 e. The molecule has 2 aliphatic carbocycles. The summed E-state index contributed by atoms with van der Waals surface area (Å²) >= 11 is 0. The zero-order valence-corrected chi connectivity index (χ0v) is 13.7. The molecule has 2 atom stereocenters. The maximum atomic E-state index is 12.4. The minimum atomic E-state index is -0.188. The summed E-state index contributed by atoms with van der Waals surface area (Å²) in [5.74, 6) is 0.868. The Bertz CT molecular complexity index is 659. The van der Waals surface area contributed by atoms with Gasteiger partial charge in [-0.3, -0.25) is 4.79 Å². The Labute approximate surface area is 137 Å². The molecule has 122 valence electrons. The Morgan fingerprint density at radius 3 is 2.74 bits per heavy atom. The van der Waals surface area contributed by atoms with Gasteiger partial charge in [-0.15, -0.1) is 0 Å². The Morgan fingerprint density at radius 2 is 2.00 bits per heavy atom. The van der Waals surface area contributed by atoms with Crippen molar-refractivity contribution in [3.8, 4) is 5.75 Å². The van der Waals surface area contributed by atoms with Gasteiger partial charge in [0.1, 0.15) is 18.1 Å². The van der Waals surface area contributed by atoms with E-state index >= 15 is 0 Å². The number of aliphatic hydroxyl groups excluding tert-OH is 1. The van der Waals surface area contributed by atoms with Gasteiger partial charge in [0.15, 0.2) is 5.78 Å². The van der Waals surface area contributed by atoms with E-state index in [0.717, 1.165) is 36.5 Å². The van der Waals surface area contributed by atoms with E-state index in [9.17, 15) is 9.90 Å². The van der Waals surface area contributed by atoms with Crippen LogP contribution >= 0.6 is 0 Å². The fraction of sp³-hybridized carbons (Fsp3) is 0.421. The van der Waals surface area contributed by atoms with Gasteiger partial charge in [0, 0.05) is 18.0 Å². The van der Waals surface area contributed by atoms with Crippen molar-refractivity contribution >= 4 is 5.78 Å². The van der Waals surface area contributed by atoms with Gasteiger partial charge < -0.3 is 14.7 Å². The highest BCUT2D eigenvalue weighted by Gasteiger charge is 2.38. The van der Waals surface area contributed by atoms with Crippen LogP contribution in [0, 0.1) is 5.92 Å². The van der Waals surface area contributed by atoms with Crippen LogP contribution in [0.2, 0.25) is 0 Å². The summed E-state index contributed by atoms with van der Waals surface area (Å²) in [5.41, 5.74) is 1.70. The van der Waals surface area contributed by atoms with Crippen molar-refractivity contribution in [1.82, 2.24) is 4.90 Å². The monoisotopic (exact) mass is 313 g/mol. The molecular weight excluding hydrogens is 290 g/mol. The fourth-order valence-electron chi connectivity index (χ4n) is 3.34. The number of hydrogen-bond acceptors (Lipinski definition) is 4. The Kier molecular flexibility index (Phi) is 4.53. The van der Waals surface area contributed by atoms with Crippen molar-refractivity contribution < 1.29 is 14.6 Å². The number of benzene rings is 1. The Morgan fingerprint density at radius 1 is 1.22 bits per heavy atom. The van der Waals surface area contributed by atoms with E-state index in [1.807, 2.05) is 18.2 Å². The average Bonchev–Trinajstić information content (AvgIpc) is 2.84. The highest BCUT2D eigenvalue weighted by Crippen LogP contribution is 2.43. The van der Waals surface area contributed by atoms with Crippen LogP contribution < -0.4 is 4.74 Å². The molecule has 0 saturated carbocycles. The quantitative estimate of drug-likeness (QED) is 0.875. The van der Waals surface area contributed by atoms with Gasteiger partial charge in [-0.05, 0) is 49.0 Å². The lowest BCUT2D eigenvalue weighted by atomic mass is 9.88. The van der Waals surface area contributed by atoms with Gasteiger partial charge in [0.25, 0.3) is 0 Å². The third kappa shape index (κ3) is 3.04. The molecule has 0 bridgehead atoms. The SMILES string of the molecule is CCN(CC)CCOc1ccc2c(c1)C1C=C(O)C=CC1C2=O. The van der Waals surface area contributed by atoms with Crippen LogP contribution in [0.3, 0.4) is 0 Å². The van der Waals surface area contributed by atoms with Crippen molar-refractivity contribution in [2.75, 3.05) is 26.2 Å². The molecule has 2 unspecified atom stereocenters. The molecule has 0 saturated heterocycles. The van der Waals surface area contributed by atoms with E-state index in [-0.39, 0.29) is 23.4 Å². The number of hydrogen-bond donors (Lipinski definition) is 1. The number of nitrogens with zero attached hydrogens (tertiary/aromatic N) is 1. The first kappa shape index (κ1) is 15.8. The predicted octanol–water partition coefficient (Wildman–Crippen LogP) is 3.32. The molecule has 0 aliphatic heterocycles. The summed E-state index contributed by atoms with van der Waals surface area (Å²) in [7, 11) is 0. The molecule has 0 aromatic heterocycles. The number of Topliss-reactive ketones (excluding diaryl/α,β-unsaturated/α-hetero) is 1. The summed E-state index contributed by atoms with van der Waals surface area (Å²) in [6.45, 7) is 7.82. The second kappa shape index (κ2) is 6.59. The van der Waals surface area contributed by atoms with Gasteiger partial charge in [-0.25, -0.2) is 0 Å². The van der Waals surface area contributed by atoms with Crippen molar-refractivity contribution in [3.63, 3.8) is 0 Å². The number of ketones is 1. The molecule has 0 heterocycles. The normalized spacial score (nSPS) is 22.0. The highest BCUT2D eigenvalue weighted by molar-refractivity contribution is 6.05. The van der Waals surface area contributed by atoms with Crippen LogP contribution in [0.15, 0.2) is 42.2 Å². The van der Waals surface area contributed by atoms with E-state index < -0.39 is 0 Å². The van der Waals surface area contributed by atoms with Crippen LogP contribution in [-0.4, -0.2) is 42.0 Å². The molecule has 0 amide bonds. The van der Waals surface area contributed by atoms with Crippen molar-refractivity contribution in [3.05, 3.63) is 53.3 Å². The number of aliphatic hydroxyl groups is 1. The molecule has 1 N–H and O–H groups in total. The summed E-state index contributed by atoms with van der Waals surface area (Å²) in [6, 6.07) is 5.66. The molecule has 4 nitrogen and oxygen atoms in total. The molecule has 0 spiro atoms.